The highest BCUT2D eigenvalue weighted by Gasteiger charge is 2.32. The van der Waals surface area contributed by atoms with Gasteiger partial charge in [0.15, 0.2) is 17.2 Å². The second kappa shape index (κ2) is 11.6. The lowest BCUT2D eigenvalue weighted by Crippen LogP contribution is -2.13. The van der Waals surface area contributed by atoms with Crippen molar-refractivity contribution in [3.63, 3.8) is 0 Å². The van der Waals surface area contributed by atoms with Crippen LogP contribution in [0.25, 0.3) is 0 Å². The van der Waals surface area contributed by atoms with Crippen LogP contribution >= 0.6 is 0 Å². The van der Waals surface area contributed by atoms with E-state index >= 15 is 0 Å². The number of nitro benzene ring substituents is 2. The highest BCUT2D eigenvalue weighted by atomic mass is 16.7. The van der Waals surface area contributed by atoms with Crippen LogP contribution in [0, 0.1) is 20.2 Å². The smallest absolute Gasteiger partial charge is 0.493 e. The molecule has 0 amide bonds. The van der Waals surface area contributed by atoms with Crippen molar-refractivity contribution in [3.05, 3.63) is 79.1 Å². The molecule has 17 heteroatoms. The molecule has 2 aromatic carbocycles. The summed E-state index contributed by atoms with van der Waals surface area (Å²) in [5.41, 5.74) is -2.26. The van der Waals surface area contributed by atoms with E-state index in [4.69, 9.17) is 19.3 Å². The van der Waals surface area contributed by atoms with E-state index in [2.05, 4.69) is 14.9 Å². The largest absolute Gasteiger partial charge is 0.506 e. The van der Waals surface area contributed by atoms with Crippen LogP contribution in [0.4, 0.5) is 16.2 Å². The number of hydrogen-bond acceptors (Lipinski definition) is 13. The third kappa shape index (κ3) is 6.21. The lowest BCUT2D eigenvalue weighted by atomic mass is 10.0. The first-order valence-electron chi connectivity index (χ1n) is 10.7. The molecule has 1 aromatic heterocycles. The predicted molar refractivity (Wildman–Crippen MR) is 126 cm³/mol. The van der Waals surface area contributed by atoms with Gasteiger partial charge in [0, 0.05) is 18.2 Å². The van der Waals surface area contributed by atoms with Crippen LogP contribution in [0.2, 0.25) is 0 Å². The number of carboxylic acid groups (broad SMARTS) is 1. The Morgan fingerprint density at radius 3 is 2.15 bits per heavy atom. The molecule has 204 valence electrons. The molecular formula is C22H19N5O12. The highest BCUT2D eigenvalue weighted by molar-refractivity contribution is 6.11. The van der Waals surface area contributed by atoms with Gasteiger partial charge in [0.1, 0.15) is 17.4 Å². The van der Waals surface area contributed by atoms with Crippen LogP contribution in [0.3, 0.4) is 0 Å². The molecule has 0 aliphatic heterocycles. The average Bonchev–Trinajstić information content (AvgIpc) is 3.34. The number of non-ortho nitro benzene ring substituents is 1. The monoisotopic (exact) mass is 545 g/mol. The van der Waals surface area contributed by atoms with Crippen molar-refractivity contribution in [1.29, 1.82) is 0 Å². The Bertz CT molecular complexity index is 1450. The fourth-order valence-corrected chi connectivity index (χ4v) is 3.31. The molecule has 1 N–H and O–H groups in total. The van der Waals surface area contributed by atoms with Gasteiger partial charge in [-0.1, -0.05) is 0 Å². The Morgan fingerprint density at radius 1 is 1.00 bits per heavy atom. The summed E-state index contributed by atoms with van der Waals surface area (Å²) in [4.78, 5) is 58.6. The molecule has 0 saturated carbocycles. The number of methoxy groups -OCH3 is 2. The average molecular weight is 545 g/mol. The van der Waals surface area contributed by atoms with E-state index in [-0.39, 0.29) is 28.4 Å². The number of benzene rings is 2. The van der Waals surface area contributed by atoms with E-state index in [0.717, 1.165) is 41.2 Å². The van der Waals surface area contributed by atoms with Crippen molar-refractivity contribution < 1.29 is 48.3 Å². The number of ether oxygens (including phenoxy) is 4. The van der Waals surface area contributed by atoms with Gasteiger partial charge in [-0.3, -0.25) is 25.0 Å². The van der Waals surface area contributed by atoms with Crippen LogP contribution in [-0.4, -0.2) is 62.1 Å². The quantitative estimate of drug-likeness (QED) is 0.158. The molecule has 1 heterocycles. The van der Waals surface area contributed by atoms with E-state index in [0.29, 0.717) is 0 Å². The molecule has 0 fully saturated rings. The summed E-state index contributed by atoms with van der Waals surface area (Å²) in [6.45, 7) is 0.565. The molecule has 0 aliphatic rings. The van der Waals surface area contributed by atoms with E-state index in [9.17, 15) is 34.6 Å². The second-order valence-electron chi connectivity index (χ2n) is 7.51. The number of aromatic nitrogens is 3. The normalized spacial score (nSPS) is 11.3. The summed E-state index contributed by atoms with van der Waals surface area (Å²) < 4.78 is 19.9. The Balaban J connectivity index is 1.98. The van der Waals surface area contributed by atoms with E-state index in [1.165, 1.54) is 21.1 Å². The number of hydrogen-bond donors (Lipinski definition) is 1. The van der Waals surface area contributed by atoms with E-state index in [1.807, 2.05) is 0 Å². The fourth-order valence-electron chi connectivity index (χ4n) is 3.31. The van der Waals surface area contributed by atoms with Crippen molar-refractivity contribution in [3.8, 4) is 11.5 Å². The molecule has 0 bridgehead atoms. The Kier molecular flexibility index (Phi) is 8.34. The summed E-state index contributed by atoms with van der Waals surface area (Å²) in [7, 11) is 2.50. The van der Waals surface area contributed by atoms with Crippen molar-refractivity contribution in [2.24, 2.45) is 0 Å². The molecule has 0 aliphatic carbocycles. The topological polar surface area (TPSA) is 225 Å². The van der Waals surface area contributed by atoms with Crippen LogP contribution in [0.5, 0.6) is 11.5 Å². The van der Waals surface area contributed by atoms with Crippen LogP contribution in [0.1, 0.15) is 45.1 Å². The number of esters is 1. The highest BCUT2D eigenvalue weighted by Crippen LogP contribution is 2.36. The van der Waals surface area contributed by atoms with Crippen molar-refractivity contribution >= 4 is 29.3 Å². The van der Waals surface area contributed by atoms with Gasteiger partial charge in [0.05, 0.1) is 35.7 Å². The summed E-state index contributed by atoms with van der Waals surface area (Å²) >= 11 is 0. The molecule has 39 heavy (non-hydrogen) atoms. The van der Waals surface area contributed by atoms with Crippen LogP contribution in [-0.2, 0) is 16.2 Å². The van der Waals surface area contributed by atoms with Crippen LogP contribution in [0.15, 0.2) is 36.4 Å². The molecule has 17 nitrogen and oxygen atoms in total. The fraction of sp³-hybridized carbons (Fsp3) is 0.227. The summed E-state index contributed by atoms with van der Waals surface area (Å²) in [6.07, 6.45) is -3.06. The van der Waals surface area contributed by atoms with Gasteiger partial charge in [-0.15, -0.1) is 9.90 Å². The molecule has 1 atom stereocenters. The lowest BCUT2D eigenvalue weighted by molar-refractivity contribution is -0.385. The first-order valence-corrected chi connectivity index (χ1v) is 10.7. The number of rotatable bonds is 11. The van der Waals surface area contributed by atoms with Crippen molar-refractivity contribution in [1.82, 2.24) is 15.0 Å². The maximum Gasteiger partial charge on any atom is 0.506 e. The number of carbonyl (C=O) groups excluding carboxylic acids is 2. The number of carbonyl (C=O) groups is 3. The van der Waals surface area contributed by atoms with E-state index in [1.54, 1.807) is 0 Å². The molecule has 1 unspecified atom stereocenters. The maximum atomic E-state index is 13.4. The maximum absolute atomic E-state index is 13.4. The number of nitro groups is 2. The molecule has 0 saturated heterocycles. The third-order valence-corrected chi connectivity index (χ3v) is 5.13. The Labute approximate surface area is 217 Å². The minimum absolute atomic E-state index is 0.00717. The summed E-state index contributed by atoms with van der Waals surface area (Å²) in [5.74, 6) is -1.98. The second-order valence-corrected chi connectivity index (χ2v) is 7.51. The van der Waals surface area contributed by atoms with Gasteiger partial charge in [-0.2, -0.15) is 5.10 Å². The minimum Gasteiger partial charge on any atom is -0.493 e. The zero-order chi connectivity index (χ0) is 28.9. The molecule has 0 radical (unpaired) electrons. The first kappa shape index (κ1) is 28.0. The molecule has 3 aromatic rings. The first-order chi connectivity index (χ1) is 18.5. The summed E-state index contributed by atoms with van der Waals surface area (Å²) in [6, 6.07) is 6.54. The Hall–Kier alpha value is -5.61. The molecule has 0 spiro atoms. The van der Waals surface area contributed by atoms with Crippen LogP contribution < -0.4 is 9.47 Å². The predicted octanol–water partition coefficient (Wildman–Crippen LogP) is 2.91. The van der Waals surface area contributed by atoms with Gasteiger partial charge in [-0.25, -0.2) is 9.59 Å². The van der Waals surface area contributed by atoms with Gasteiger partial charge in [0.25, 0.3) is 11.4 Å². The lowest BCUT2D eigenvalue weighted by Gasteiger charge is -2.11. The molecule has 3 rings (SSSR count). The Morgan fingerprint density at radius 2 is 1.62 bits per heavy atom. The third-order valence-electron chi connectivity index (χ3n) is 5.13. The van der Waals surface area contributed by atoms with Gasteiger partial charge in [-0.05, 0) is 19.1 Å². The van der Waals surface area contributed by atoms with Crippen molar-refractivity contribution in [2.45, 2.75) is 19.8 Å². The SMILES string of the molecule is COc1cc(C(=O)c2nn(COC(=O)c3ccc([N+](=O)[O-])cc3)nc2C(C)OC(=O)O)c([N+](=O)[O-])cc1OC. The van der Waals surface area contributed by atoms with Crippen molar-refractivity contribution in [2.75, 3.05) is 14.2 Å². The van der Waals surface area contributed by atoms with Gasteiger partial charge >= 0.3 is 12.1 Å². The van der Waals surface area contributed by atoms with Gasteiger partial charge < -0.3 is 24.1 Å². The number of nitrogens with zero attached hydrogens (tertiary/aromatic N) is 5. The zero-order valence-electron chi connectivity index (χ0n) is 20.4. The zero-order valence-corrected chi connectivity index (χ0v) is 20.4. The van der Waals surface area contributed by atoms with E-state index < -0.39 is 57.5 Å². The van der Waals surface area contributed by atoms with Gasteiger partial charge in [0.2, 0.25) is 12.5 Å². The molecular weight excluding hydrogens is 526 g/mol. The summed E-state index contributed by atoms with van der Waals surface area (Å²) in [5, 5.41) is 39.4. The minimum atomic E-state index is -1.70. The standard InChI is InChI=1S/C22H19N5O12/c1-11(39-22(30)31)18-19(20(28)14-8-16(36-2)17(37-3)9-15(14)27(34)35)24-25(23-18)10-38-21(29)12-4-6-13(7-5-12)26(32)33/h4-9,11H,10H2,1-3H3,(H,30,31). The number of ketones is 1.